The summed E-state index contributed by atoms with van der Waals surface area (Å²) in [5.74, 6) is 10.6. The van der Waals surface area contributed by atoms with Crippen LogP contribution >= 0.6 is 0 Å². The Morgan fingerprint density at radius 3 is 1.92 bits per heavy atom. The summed E-state index contributed by atoms with van der Waals surface area (Å²) in [6.45, 7) is 1.68. The molecule has 0 bridgehead atoms. The van der Waals surface area contributed by atoms with Gasteiger partial charge in [0.15, 0.2) is 0 Å². The molecule has 0 unspecified atom stereocenters. The topological polar surface area (TPSA) is 0 Å². The fraction of sp³-hybridized carbons (Fsp3) is 0.0435. The van der Waals surface area contributed by atoms with E-state index in [1.54, 1.807) is 43.3 Å². The Labute approximate surface area is 177 Å². The van der Waals surface area contributed by atoms with Gasteiger partial charge < -0.3 is 0 Å². The quantitative estimate of drug-likeness (QED) is 0.363. The number of hydrogen-bond acceptors (Lipinski definition) is 0. The fourth-order valence-electron chi connectivity index (χ4n) is 2.12. The summed E-state index contributed by atoms with van der Waals surface area (Å²) in [4.78, 5) is 0. The fourth-order valence-corrected chi connectivity index (χ4v) is 2.12. The molecule has 0 atom stereocenters. The summed E-state index contributed by atoms with van der Waals surface area (Å²) in [6, 6.07) is 19.5. The van der Waals surface area contributed by atoms with E-state index >= 15 is 0 Å². The molecule has 3 heteroatoms. The zero-order valence-corrected chi connectivity index (χ0v) is 16.9. The largest absolute Gasteiger partial charge is 0.207 e. The molecule has 0 fully saturated rings. The minimum Gasteiger partial charge on any atom is -0.207 e. The molecule has 0 amide bonds. The van der Waals surface area contributed by atoms with Gasteiger partial charge in [-0.15, -0.1) is 0 Å². The van der Waals surface area contributed by atoms with Crippen LogP contribution in [0.3, 0.4) is 0 Å². The molecular formula is C23H13F2Y-. The maximum atomic E-state index is 14.2. The molecule has 3 aromatic carbocycles. The van der Waals surface area contributed by atoms with Gasteiger partial charge in [0.1, 0.15) is 11.6 Å². The molecular weight excluding hydrogens is 403 g/mol. The van der Waals surface area contributed by atoms with Crippen LogP contribution in [0.25, 0.3) is 0 Å². The van der Waals surface area contributed by atoms with Crippen molar-refractivity contribution in [3.63, 3.8) is 0 Å². The molecule has 0 aromatic heterocycles. The molecule has 1 radical (unpaired) electrons. The number of rotatable bonds is 0. The van der Waals surface area contributed by atoms with Gasteiger partial charge in [-0.1, -0.05) is 35.3 Å². The van der Waals surface area contributed by atoms with Gasteiger partial charge in [0.2, 0.25) is 0 Å². The third-order valence-electron chi connectivity index (χ3n) is 3.55. The van der Waals surface area contributed by atoms with Gasteiger partial charge in [0, 0.05) is 43.8 Å². The second-order valence-electron chi connectivity index (χ2n) is 5.45. The first-order valence-electron chi connectivity index (χ1n) is 7.68. The first-order valence-corrected chi connectivity index (χ1v) is 7.68. The molecule has 3 rings (SSSR count). The van der Waals surface area contributed by atoms with Gasteiger partial charge >= 0.3 is 0 Å². The second-order valence-corrected chi connectivity index (χ2v) is 5.45. The maximum Gasteiger partial charge on any atom is 0.140 e. The summed E-state index contributed by atoms with van der Waals surface area (Å²) < 4.78 is 27.7. The molecule has 0 saturated heterocycles. The predicted molar refractivity (Wildman–Crippen MR) is 94.8 cm³/mol. The molecule has 26 heavy (non-hydrogen) atoms. The molecule has 0 spiro atoms. The van der Waals surface area contributed by atoms with Crippen LogP contribution in [0.5, 0.6) is 0 Å². The molecule has 0 heterocycles. The van der Waals surface area contributed by atoms with E-state index in [0.717, 1.165) is 5.56 Å². The van der Waals surface area contributed by atoms with Crippen LogP contribution in [-0.4, -0.2) is 0 Å². The summed E-state index contributed by atoms with van der Waals surface area (Å²) in [5, 5.41) is 0. The summed E-state index contributed by atoms with van der Waals surface area (Å²) in [5.41, 5.74) is 2.71. The average molecular weight is 416 g/mol. The second kappa shape index (κ2) is 9.44. The van der Waals surface area contributed by atoms with Crippen molar-refractivity contribution in [2.24, 2.45) is 0 Å². The van der Waals surface area contributed by atoms with Crippen LogP contribution in [0.15, 0.2) is 60.7 Å². The van der Waals surface area contributed by atoms with Gasteiger partial charge in [0.05, 0.1) is 5.56 Å². The Morgan fingerprint density at radius 2 is 1.27 bits per heavy atom. The number of aryl methyl sites for hydroxylation is 1. The van der Waals surface area contributed by atoms with Crippen LogP contribution in [0, 0.1) is 48.3 Å². The van der Waals surface area contributed by atoms with Crippen molar-refractivity contribution >= 4 is 0 Å². The van der Waals surface area contributed by atoms with Crippen molar-refractivity contribution in [1.29, 1.82) is 0 Å². The van der Waals surface area contributed by atoms with E-state index < -0.39 is 5.82 Å². The SMILES string of the molecule is Cc1ccc(C#Cc2ccc(C#Cc3cc[c-]cc3)cc2F)cc1F.[Y]. The maximum absolute atomic E-state index is 14.2. The molecule has 0 nitrogen and oxygen atoms in total. The third kappa shape index (κ3) is 5.37. The summed E-state index contributed by atoms with van der Waals surface area (Å²) in [7, 11) is 0. The van der Waals surface area contributed by atoms with Crippen LogP contribution < -0.4 is 0 Å². The normalized spacial score (nSPS) is 9.19. The Morgan fingerprint density at radius 1 is 0.692 bits per heavy atom. The van der Waals surface area contributed by atoms with Gasteiger partial charge in [-0.2, -0.15) is 30.3 Å². The van der Waals surface area contributed by atoms with Crippen LogP contribution in [0.4, 0.5) is 8.78 Å². The predicted octanol–water partition coefficient (Wildman–Crippen LogP) is 4.87. The van der Waals surface area contributed by atoms with E-state index in [-0.39, 0.29) is 44.1 Å². The minimum atomic E-state index is -0.451. The smallest absolute Gasteiger partial charge is 0.140 e. The first kappa shape index (κ1) is 20.1. The zero-order valence-electron chi connectivity index (χ0n) is 14.1. The number of hydrogen-bond donors (Lipinski definition) is 0. The number of benzene rings is 3. The van der Waals surface area contributed by atoms with E-state index in [2.05, 4.69) is 29.7 Å². The molecule has 123 valence electrons. The van der Waals surface area contributed by atoms with Crippen molar-refractivity contribution in [1.82, 2.24) is 0 Å². The summed E-state index contributed by atoms with van der Waals surface area (Å²) >= 11 is 0. The molecule has 0 aliphatic heterocycles. The van der Waals surface area contributed by atoms with E-state index in [1.165, 1.54) is 12.1 Å². The molecule has 0 saturated carbocycles. The van der Waals surface area contributed by atoms with E-state index in [9.17, 15) is 8.78 Å². The van der Waals surface area contributed by atoms with E-state index in [4.69, 9.17) is 0 Å². The standard InChI is InChI=1S/C23H13F2.Y/c1-17-7-8-19(15-22(17)24)11-13-21-14-12-20(16-23(21)25)10-9-18-5-3-2-4-6-18;/h3-8,12,14-16H,1H3;/q-1;. The van der Waals surface area contributed by atoms with Crippen LogP contribution in [0.2, 0.25) is 0 Å². The van der Waals surface area contributed by atoms with Crippen molar-refractivity contribution in [3.8, 4) is 23.7 Å². The molecule has 0 N–H and O–H groups in total. The molecule has 0 aliphatic carbocycles. The minimum absolute atomic E-state index is 0. The zero-order chi connectivity index (χ0) is 17.6. The van der Waals surface area contributed by atoms with E-state index in [0.29, 0.717) is 16.7 Å². The monoisotopic (exact) mass is 416 g/mol. The Balaban J connectivity index is 0.00000243. The van der Waals surface area contributed by atoms with Gasteiger partial charge in [-0.25, -0.2) is 8.78 Å². The van der Waals surface area contributed by atoms with Gasteiger partial charge in [-0.05, 0) is 42.8 Å². The van der Waals surface area contributed by atoms with Crippen molar-refractivity contribution in [3.05, 3.63) is 106 Å². The number of halogens is 2. The first-order chi connectivity index (χ1) is 12.1. The average Bonchev–Trinajstić information content (AvgIpc) is 2.63. The molecule has 0 aliphatic rings. The summed E-state index contributed by atoms with van der Waals surface area (Å²) in [6.07, 6.45) is 0. The third-order valence-corrected chi connectivity index (χ3v) is 3.55. The van der Waals surface area contributed by atoms with Crippen molar-refractivity contribution < 1.29 is 41.5 Å². The van der Waals surface area contributed by atoms with Gasteiger partial charge in [-0.3, -0.25) is 0 Å². The van der Waals surface area contributed by atoms with Gasteiger partial charge in [0.25, 0.3) is 0 Å². The van der Waals surface area contributed by atoms with Crippen LogP contribution in [0.1, 0.15) is 27.8 Å². The van der Waals surface area contributed by atoms with Crippen molar-refractivity contribution in [2.45, 2.75) is 6.92 Å². The van der Waals surface area contributed by atoms with Crippen molar-refractivity contribution in [2.75, 3.05) is 0 Å². The Hall–Kier alpha value is -2.26. The van der Waals surface area contributed by atoms with Crippen LogP contribution in [-0.2, 0) is 32.7 Å². The Kier molecular flexibility index (Phi) is 7.29. The van der Waals surface area contributed by atoms with E-state index in [1.807, 2.05) is 12.1 Å². The molecule has 3 aromatic rings. The Bertz CT molecular complexity index is 1030.